The largest absolute Gasteiger partial charge is 0.416 e. The molecule has 0 unspecified atom stereocenters. The fourth-order valence-electron chi connectivity index (χ4n) is 1.91. The van der Waals surface area contributed by atoms with Crippen LogP contribution in [0, 0.1) is 11.3 Å². The van der Waals surface area contributed by atoms with Gasteiger partial charge in [-0.25, -0.2) is 0 Å². The van der Waals surface area contributed by atoms with Crippen molar-refractivity contribution in [3.63, 3.8) is 0 Å². The molecule has 0 radical (unpaired) electrons. The second kappa shape index (κ2) is 7.60. The fraction of sp³-hybridized carbons (Fsp3) is 0.0588. The van der Waals surface area contributed by atoms with Crippen molar-refractivity contribution in [3.8, 4) is 6.07 Å². The summed E-state index contributed by atoms with van der Waals surface area (Å²) in [4.78, 5) is 12.2. The van der Waals surface area contributed by atoms with E-state index in [4.69, 9.17) is 28.5 Å². The Balaban J connectivity index is 2.30. The van der Waals surface area contributed by atoms with Crippen molar-refractivity contribution in [1.82, 2.24) is 0 Å². The monoisotopic (exact) mass is 384 g/mol. The topological polar surface area (TPSA) is 52.9 Å². The second-order valence-electron chi connectivity index (χ2n) is 4.84. The average molecular weight is 385 g/mol. The van der Waals surface area contributed by atoms with Crippen LogP contribution in [0.15, 0.2) is 48.0 Å². The number of alkyl halides is 3. The van der Waals surface area contributed by atoms with E-state index in [1.165, 1.54) is 24.3 Å². The highest BCUT2D eigenvalue weighted by Crippen LogP contribution is 2.31. The predicted octanol–water partition coefficient (Wildman–Crippen LogP) is 5.56. The van der Waals surface area contributed by atoms with Gasteiger partial charge in [-0.3, -0.25) is 4.79 Å². The number of nitrogens with one attached hydrogen (secondary N) is 1. The first kappa shape index (κ1) is 18.8. The molecule has 0 aliphatic carbocycles. The van der Waals surface area contributed by atoms with Crippen LogP contribution in [0.1, 0.15) is 11.1 Å². The van der Waals surface area contributed by atoms with Gasteiger partial charge in [-0.2, -0.15) is 18.4 Å². The molecule has 0 aliphatic rings. The number of hydrogen-bond acceptors (Lipinski definition) is 2. The summed E-state index contributed by atoms with van der Waals surface area (Å²) in [5, 5.41) is 11.9. The van der Waals surface area contributed by atoms with Gasteiger partial charge in [0.2, 0.25) is 0 Å². The van der Waals surface area contributed by atoms with Gasteiger partial charge in [0.25, 0.3) is 5.91 Å². The van der Waals surface area contributed by atoms with Gasteiger partial charge in [0.1, 0.15) is 11.6 Å². The van der Waals surface area contributed by atoms with Gasteiger partial charge < -0.3 is 5.32 Å². The van der Waals surface area contributed by atoms with E-state index in [0.717, 1.165) is 18.2 Å². The lowest BCUT2D eigenvalue weighted by molar-refractivity contribution is -0.137. The van der Waals surface area contributed by atoms with Crippen molar-refractivity contribution in [2.24, 2.45) is 0 Å². The molecule has 0 atom stereocenters. The number of benzene rings is 2. The maximum Gasteiger partial charge on any atom is 0.416 e. The van der Waals surface area contributed by atoms with Crippen LogP contribution in [0.5, 0.6) is 0 Å². The molecule has 1 N–H and O–H groups in total. The first-order valence-corrected chi connectivity index (χ1v) is 7.52. The molecule has 0 fully saturated rings. The lowest BCUT2D eigenvalue weighted by Gasteiger charge is -2.09. The van der Waals surface area contributed by atoms with Gasteiger partial charge in [-0.05, 0) is 36.4 Å². The van der Waals surface area contributed by atoms with E-state index in [1.807, 2.05) is 0 Å². The molecule has 0 aliphatic heterocycles. The number of carbonyl (C=O) groups is 1. The molecule has 0 heterocycles. The Labute approximate surface area is 151 Å². The van der Waals surface area contributed by atoms with Crippen molar-refractivity contribution in [3.05, 3.63) is 69.2 Å². The number of rotatable bonds is 3. The van der Waals surface area contributed by atoms with Crippen molar-refractivity contribution >= 4 is 40.9 Å². The average Bonchev–Trinajstić information content (AvgIpc) is 2.54. The standard InChI is InChI=1S/C17H9Cl2F3N2O/c18-14-5-2-6-15(19)13(14)7-10(9-23)16(25)24-12-4-1-3-11(8-12)17(20,21)22/h1-8H,(H,24,25). The lowest BCUT2D eigenvalue weighted by Crippen LogP contribution is -2.14. The molecule has 3 nitrogen and oxygen atoms in total. The fourth-order valence-corrected chi connectivity index (χ4v) is 2.42. The molecule has 1 amide bonds. The molecule has 128 valence electrons. The maximum atomic E-state index is 12.7. The van der Waals surface area contributed by atoms with Gasteiger partial charge in [0, 0.05) is 21.3 Å². The third-order valence-corrected chi connectivity index (χ3v) is 3.76. The maximum absolute atomic E-state index is 12.7. The Bertz CT molecular complexity index is 866. The quantitative estimate of drug-likeness (QED) is 0.556. The highest BCUT2D eigenvalue weighted by Gasteiger charge is 2.30. The summed E-state index contributed by atoms with van der Waals surface area (Å²) in [6.45, 7) is 0. The molecule has 0 saturated heterocycles. The van der Waals surface area contributed by atoms with Crippen molar-refractivity contribution < 1.29 is 18.0 Å². The van der Waals surface area contributed by atoms with Crippen LogP contribution < -0.4 is 5.32 Å². The third-order valence-electron chi connectivity index (χ3n) is 3.10. The van der Waals surface area contributed by atoms with E-state index in [-0.39, 0.29) is 26.9 Å². The van der Waals surface area contributed by atoms with E-state index >= 15 is 0 Å². The van der Waals surface area contributed by atoms with Gasteiger partial charge in [0.15, 0.2) is 0 Å². The normalized spacial score (nSPS) is 11.8. The number of anilines is 1. The first-order chi connectivity index (χ1) is 11.7. The molecule has 0 bridgehead atoms. The molecule has 8 heteroatoms. The molecule has 2 aromatic carbocycles. The zero-order valence-corrected chi connectivity index (χ0v) is 13.9. The van der Waals surface area contributed by atoms with Gasteiger partial charge in [-0.1, -0.05) is 35.3 Å². The number of amides is 1. The first-order valence-electron chi connectivity index (χ1n) is 6.77. The minimum Gasteiger partial charge on any atom is -0.321 e. The molecule has 25 heavy (non-hydrogen) atoms. The summed E-state index contributed by atoms with van der Waals surface area (Å²) < 4.78 is 38.1. The van der Waals surface area contributed by atoms with Crippen LogP contribution in [0.3, 0.4) is 0 Å². The van der Waals surface area contributed by atoms with E-state index in [9.17, 15) is 18.0 Å². The van der Waals surface area contributed by atoms with Crippen LogP contribution in [0.2, 0.25) is 10.0 Å². The summed E-state index contributed by atoms with van der Waals surface area (Å²) in [6.07, 6.45) is -3.37. The summed E-state index contributed by atoms with van der Waals surface area (Å²) in [6, 6.07) is 10.4. The molecule has 0 spiro atoms. The number of carbonyl (C=O) groups excluding carboxylic acids is 1. The van der Waals surface area contributed by atoms with Gasteiger partial charge >= 0.3 is 6.18 Å². The van der Waals surface area contributed by atoms with Crippen LogP contribution in [-0.4, -0.2) is 5.91 Å². The molecular formula is C17H9Cl2F3N2O. The van der Waals surface area contributed by atoms with Gasteiger partial charge in [-0.15, -0.1) is 0 Å². The Kier molecular flexibility index (Phi) is 5.73. The highest BCUT2D eigenvalue weighted by atomic mass is 35.5. The number of hydrogen-bond donors (Lipinski definition) is 1. The van der Waals surface area contributed by atoms with E-state index in [0.29, 0.717) is 0 Å². The summed E-state index contributed by atoms with van der Waals surface area (Å²) in [5.74, 6) is -0.877. The second-order valence-corrected chi connectivity index (χ2v) is 5.65. The Morgan fingerprint density at radius 1 is 1.12 bits per heavy atom. The highest BCUT2D eigenvalue weighted by molar-refractivity contribution is 6.37. The van der Waals surface area contributed by atoms with Crippen LogP contribution in [0.4, 0.5) is 18.9 Å². The molecular weight excluding hydrogens is 376 g/mol. The number of nitrogens with zero attached hydrogens (tertiary/aromatic N) is 1. The van der Waals surface area contributed by atoms with Crippen molar-refractivity contribution in [2.75, 3.05) is 5.32 Å². The van der Waals surface area contributed by atoms with Crippen molar-refractivity contribution in [1.29, 1.82) is 5.26 Å². The molecule has 2 aromatic rings. The van der Waals surface area contributed by atoms with Crippen LogP contribution in [0.25, 0.3) is 6.08 Å². The predicted molar refractivity (Wildman–Crippen MR) is 90.1 cm³/mol. The smallest absolute Gasteiger partial charge is 0.321 e. The zero-order valence-electron chi connectivity index (χ0n) is 12.4. The summed E-state index contributed by atoms with van der Waals surface area (Å²) in [7, 11) is 0. The molecule has 2 rings (SSSR count). The van der Waals surface area contributed by atoms with Crippen LogP contribution >= 0.6 is 23.2 Å². The Morgan fingerprint density at radius 3 is 2.28 bits per heavy atom. The zero-order chi connectivity index (χ0) is 18.6. The van der Waals surface area contributed by atoms with Gasteiger partial charge in [0.05, 0.1) is 5.56 Å². The summed E-state index contributed by atoms with van der Waals surface area (Å²) >= 11 is 11.9. The van der Waals surface area contributed by atoms with E-state index < -0.39 is 17.6 Å². The van der Waals surface area contributed by atoms with E-state index in [1.54, 1.807) is 12.1 Å². The Morgan fingerprint density at radius 2 is 1.72 bits per heavy atom. The minimum absolute atomic E-state index is 0.0915. The SMILES string of the molecule is N#CC(=Cc1c(Cl)cccc1Cl)C(=O)Nc1cccc(C(F)(F)F)c1. The summed E-state index contributed by atoms with van der Waals surface area (Å²) in [5.41, 5.74) is -1.10. The van der Waals surface area contributed by atoms with Crippen LogP contribution in [-0.2, 0) is 11.0 Å². The minimum atomic E-state index is -4.54. The Hall–Kier alpha value is -2.49. The number of halogens is 5. The molecule has 0 saturated carbocycles. The van der Waals surface area contributed by atoms with E-state index in [2.05, 4.69) is 5.32 Å². The van der Waals surface area contributed by atoms with Crippen molar-refractivity contribution in [2.45, 2.75) is 6.18 Å². The lowest BCUT2D eigenvalue weighted by atomic mass is 10.1. The third kappa shape index (κ3) is 4.75. The molecule has 0 aromatic heterocycles. The number of nitriles is 1.